The molecule has 0 spiro atoms. The molecule has 1 aromatic carbocycles. The van der Waals surface area contributed by atoms with Crippen LogP contribution in [0.1, 0.15) is 19.3 Å². The molecule has 1 heterocycles. The molecule has 1 aliphatic heterocycles. The maximum atomic E-state index is 13.4. The number of hydrogen-bond acceptors (Lipinski definition) is 2. The van der Waals surface area contributed by atoms with Crippen molar-refractivity contribution < 1.29 is 13.4 Å². The van der Waals surface area contributed by atoms with Gasteiger partial charge >= 0.3 is 0 Å². The monoisotopic (exact) mass is 269 g/mol. The van der Waals surface area contributed by atoms with Gasteiger partial charge in [0.25, 0.3) is 0 Å². The first-order valence-electron chi connectivity index (χ1n) is 6.09. The molecule has 0 aromatic heterocycles. The van der Waals surface area contributed by atoms with Gasteiger partial charge in [0.2, 0.25) is 5.91 Å². The van der Waals surface area contributed by atoms with E-state index in [2.05, 4.69) is 0 Å². The van der Waals surface area contributed by atoms with Crippen LogP contribution in [0.2, 0.25) is 0 Å². The lowest BCUT2D eigenvalue weighted by Gasteiger charge is -2.26. The molecular weight excluding hydrogens is 253 g/mol. The minimum atomic E-state index is -1.59. The molecule has 1 amide bonds. The first-order valence-corrected chi connectivity index (χ1v) is 7.41. The van der Waals surface area contributed by atoms with Crippen molar-refractivity contribution in [3.63, 3.8) is 0 Å². The lowest BCUT2D eigenvalue weighted by Crippen LogP contribution is -2.38. The molecule has 1 atom stereocenters. The van der Waals surface area contributed by atoms with Crippen molar-refractivity contribution >= 4 is 16.7 Å². The van der Waals surface area contributed by atoms with Gasteiger partial charge in [-0.2, -0.15) is 0 Å². The van der Waals surface area contributed by atoms with Crippen LogP contribution in [-0.2, 0) is 15.6 Å². The van der Waals surface area contributed by atoms with E-state index in [1.54, 1.807) is 17.0 Å². The summed E-state index contributed by atoms with van der Waals surface area (Å²) in [7, 11) is -1.59. The second kappa shape index (κ2) is 6.09. The predicted octanol–water partition coefficient (Wildman–Crippen LogP) is 1.95. The Bertz CT molecular complexity index is 458. The van der Waals surface area contributed by atoms with Crippen molar-refractivity contribution in [1.29, 1.82) is 0 Å². The molecule has 18 heavy (non-hydrogen) atoms. The van der Waals surface area contributed by atoms with Crippen molar-refractivity contribution in [2.24, 2.45) is 0 Å². The van der Waals surface area contributed by atoms with Crippen LogP contribution in [0.25, 0.3) is 0 Å². The number of piperidine rings is 1. The van der Waals surface area contributed by atoms with Gasteiger partial charge in [0.15, 0.2) is 0 Å². The fourth-order valence-electron chi connectivity index (χ4n) is 2.05. The minimum Gasteiger partial charge on any atom is -0.342 e. The van der Waals surface area contributed by atoms with Crippen LogP contribution >= 0.6 is 0 Å². The number of nitrogens with zero attached hydrogens (tertiary/aromatic N) is 1. The number of carbonyl (C=O) groups excluding carboxylic acids is 1. The average Bonchev–Trinajstić information content (AvgIpc) is 2.40. The Morgan fingerprint density at radius 3 is 2.56 bits per heavy atom. The van der Waals surface area contributed by atoms with Gasteiger partial charge in [0.05, 0.1) is 15.7 Å². The van der Waals surface area contributed by atoms with Gasteiger partial charge in [-0.3, -0.25) is 9.00 Å². The summed E-state index contributed by atoms with van der Waals surface area (Å²) < 4.78 is 25.4. The summed E-state index contributed by atoms with van der Waals surface area (Å²) in [6, 6.07) is 5.90. The third kappa shape index (κ3) is 3.16. The molecule has 1 aromatic rings. The molecule has 1 fully saturated rings. The number of amides is 1. The second-order valence-electron chi connectivity index (χ2n) is 4.36. The maximum absolute atomic E-state index is 13.4. The van der Waals surface area contributed by atoms with E-state index >= 15 is 0 Å². The first kappa shape index (κ1) is 13.2. The smallest absolute Gasteiger partial charge is 0.235 e. The first-order chi connectivity index (χ1) is 8.68. The highest BCUT2D eigenvalue weighted by Crippen LogP contribution is 2.14. The predicted molar refractivity (Wildman–Crippen MR) is 68.1 cm³/mol. The van der Waals surface area contributed by atoms with Gasteiger partial charge in [0, 0.05) is 13.1 Å². The van der Waals surface area contributed by atoms with Crippen LogP contribution in [0.15, 0.2) is 29.2 Å². The topological polar surface area (TPSA) is 37.4 Å². The summed E-state index contributed by atoms with van der Waals surface area (Å²) in [5, 5.41) is 0. The molecule has 5 heteroatoms. The summed E-state index contributed by atoms with van der Waals surface area (Å²) in [5.41, 5.74) is 0. The molecule has 0 radical (unpaired) electrons. The van der Waals surface area contributed by atoms with Crippen LogP contribution in [-0.4, -0.2) is 33.9 Å². The lowest BCUT2D eigenvalue weighted by atomic mass is 10.1. The lowest BCUT2D eigenvalue weighted by molar-refractivity contribution is -0.129. The molecule has 0 saturated carbocycles. The summed E-state index contributed by atoms with van der Waals surface area (Å²) in [6.07, 6.45) is 3.14. The highest BCUT2D eigenvalue weighted by atomic mass is 32.2. The van der Waals surface area contributed by atoms with E-state index in [1.807, 2.05) is 0 Å². The third-order valence-electron chi connectivity index (χ3n) is 3.05. The number of likely N-dealkylation sites (tertiary alicyclic amines) is 1. The number of halogens is 1. The van der Waals surface area contributed by atoms with Crippen LogP contribution in [0.3, 0.4) is 0 Å². The normalized spacial score (nSPS) is 17.5. The van der Waals surface area contributed by atoms with Crippen molar-refractivity contribution in [2.45, 2.75) is 24.2 Å². The molecule has 1 saturated heterocycles. The number of hydrogen-bond donors (Lipinski definition) is 0. The molecule has 3 nitrogen and oxygen atoms in total. The average molecular weight is 269 g/mol. The molecular formula is C13H16FNO2S. The summed E-state index contributed by atoms with van der Waals surface area (Å²) in [6.45, 7) is 1.46. The van der Waals surface area contributed by atoms with Gasteiger partial charge in [-0.15, -0.1) is 0 Å². The molecule has 1 aliphatic rings. The van der Waals surface area contributed by atoms with Gasteiger partial charge in [-0.25, -0.2) is 4.39 Å². The van der Waals surface area contributed by atoms with Gasteiger partial charge in [0.1, 0.15) is 11.6 Å². The molecule has 0 unspecified atom stereocenters. The van der Waals surface area contributed by atoms with Crippen LogP contribution in [0.5, 0.6) is 0 Å². The van der Waals surface area contributed by atoms with E-state index in [1.165, 1.54) is 12.1 Å². The molecule has 0 aliphatic carbocycles. The Kier molecular flexibility index (Phi) is 4.47. The molecule has 2 rings (SSSR count). The Balaban J connectivity index is 1.99. The maximum Gasteiger partial charge on any atom is 0.235 e. The summed E-state index contributed by atoms with van der Waals surface area (Å²) >= 11 is 0. The van der Waals surface area contributed by atoms with Crippen molar-refractivity contribution in [2.75, 3.05) is 18.8 Å². The summed E-state index contributed by atoms with van der Waals surface area (Å²) in [5.74, 6) is -0.778. The standard InChI is InChI=1S/C13H16FNO2S/c14-11-6-2-3-7-12(11)18(17)10-13(16)15-8-4-1-5-9-15/h2-3,6-7H,1,4-5,8-10H2/t18-/m1/s1. The number of carbonyl (C=O) groups is 1. The molecule has 0 bridgehead atoms. The van der Waals surface area contributed by atoms with Gasteiger partial charge in [-0.05, 0) is 31.4 Å². The quantitative estimate of drug-likeness (QED) is 0.841. The Morgan fingerprint density at radius 2 is 1.89 bits per heavy atom. The van der Waals surface area contributed by atoms with E-state index in [4.69, 9.17) is 0 Å². The second-order valence-corrected chi connectivity index (χ2v) is 5.78. The van der Waals surface area contributed by atoms with Crippen molar-refractivity contribution in [3.05, 3.63) is 30.1 Å². The van der Waals surface area contributed by atoms with Crippen LogP contribution < -0.4 is 0 Å². The zero-order valence-corrected chi connectivity index (χ0v) is 10.9. The SMILES string of the molecule is O=C(C[S@@](=O)c1ccccc1F)N1CCCCC1. The Labute approximate surface area is 108 Å². The van der Waals surface area contributed by atoms with Crippen LogP contribution in [0.4, 0.5) is 4.39 Å². The third-order valence-corrected chi connectivity index (χ3v) is 4.38. The van der Waals surface area contributed by atoms with E-state index in [0.29, 0.717) is 0 Å². The summed E-state index contributed by atoms with van der Waals surface area (Å²) in [4.78, 5) is 13.7. The number of rotatable bonds is 3. The van der Waals surface area contributed by atoms with Gasteiger partial charge in [-0.1, -0.05) is 12.1 Å². The highest BCUT2D eigenvalue weighted by molar-refractivity contribution is 7.85. The molecule has 98 valence electrons. The van der Waals surface area contributed by atoms with E-state index in [9.17, 15) is 13.4 Å². The Morgan fingerprint density at radius 1 is 1.22 bits per heavy atom. The van der Waals surface area contributed by atoms with E-state index in [-0.39, 0.29) is 16.6 Å². The molecule has 0 N–H and O–H groups in total. The van der Waals surface area contributed by atoms with Gasteiger partial charge < -0.3 is 4.90 Å². The zero-order chi connectivity index (χ0) is 13.0. The Hall–Kier alpha value is -1.23. The van der Waals surface area contributed by atoms with Crippen molar-refractivity contribution in [3.8, 4) is 0 Å². The van der Waals surface area contributed by atoms with Crippen LogP contribution in [0, 0.1) is 5.82 Å². The fraction of sp³-hybridized carbons (Fsp3) is 0.462. The van der Waals surface area contributed by atoms with Crippen molar-refractivity contribution in [1.82, 2.24) is 4.90 Å². The van der Waals surface area contributed by atoms with E-state index < -0.39 is 16.6 Å². The largest absolute Gasteiger partial charge is 0.342 e. The fourth-order valence-corrected chi connectivity index (χ4v) is 3.13. The number of benzene rings is 1. The van der Waals surface area contributed by atoms with E-state index in [0.717, 1.165) is 32.4 Å². The zero-order valence-electron chi connectivity index (χ0n) is 10.1. The minimum absolute atomic E-state index is 0.114. The highest BCUT2D eigenvalue weighted by Gasteiger charge is 2.20.